The molecule has 1 N–H and O–H groups in total. The van der Waals surface area contributed by atoms with E-state index in [1.54, 1.807) is 69.1 Å². The summed E-state index contributed by atoms with van der Waals surface area (Å²) in [4.78, 5) is 37.4. The van der Waals surface area contributed by atoms with Crippen LogP contribution in [0.15, 0.2) is 82.9 Å². The second kappa shape index (κ2) is 10.1. The molecule has 6 saturated carbocycles. The lowest BCUT2D eigenvalue weighted by atomic mass is 9.50. The molecule has 0 spiro atoms. The van der Waals surface area contributed by atoms with Gasteiger partial charge in [0.05, 0.1) is 23.5 Å². The lowest BCUT2D eigenvalue weighted by Crippen LogP contribution is -2.59. The van der Waals surface area contributed by atoms with Crippen molar-refractivity contribution in [1.29, 1.82) is 0 Å². The fourth-order valence-electron chi connectivity index (χ4n) is 8.17. The quantitative estimate of drug-likeness (QED) is 0.272. The largest absolute Gasteiger partial charge is 0.382 e. The van der Waals surface area contributed by atoms with Crippen LogP contribution in [-0.4, -0.2) is 50.0 Å². The average Bonchev–Trinajstić information content (AvgIpc) is 3.68. The van der Waals surface area contributed by atoms with E-state index in [-0.39, 0.29) is 28.0 Å². The molecule has 1 unspecified atom stereocenters. The number of rotatable bonds is 6. The molecule has 12 rings (SSSR count). The van der Waals surface area contributed by atoms with Gasteiger partial charge in [-0.3, -0.25) is 14.4 Å². The Hall–Kier alpha value is -5.23. The average molecular weight is 643 g/mol. The molecule has 4 bridgehead atoms. The topological polar surface area (TPSA) is 143 Å². The van der Waals surface area contributed by atoms with Crippen molar-refractivity contribution in [3.05, 3.63) is 117 Å². The Morgan fingerprint density at radius 3 is 1.88 bits per heavy atom. The van der Waals surface area contributed by atoms with Gasteiger partial charge < -0.3 is 14.2 Å². The Morgan fingerprint density at radius 1 is 0.729 bits per heavy atom. The van der Waals surface area contributed by atoms with Crippen LogP contribution in [0.3, 0.4) is 0 Å². The zero-order valence-electron chi connectivity index (χ0n) is 26.7. The van der Waals surface area contributed by atoms with Crippen molar-refractivity contribution >= 4 is 27.3 Å². The zero-order chi connectivity index (χ0) is 32.9. The van der Waals surface area contributed by atoms with Gasteiger partial charge in [0.1, 0.15) is 11.8 Å². The van der Waals surface area contributed by atoms with E-state index in [1.165, 1.54) is 28.4 Å². The number of aliphatic hydroxyl groups excluding tert-OH is 1. The van der Waals surface area contributed by atoms with Crippen molar-refractivity contribution < 1.29 is 9.90 Å². The highest BCUT2D eigenvalue weighted by Gasteiger charge is 2.59. The molecule has 0 amide bonds. The summed E-state index contributed by atoms with van der Waals surface area (Å²) >= 11 is 0. The number of benzene rings is 2. The maximum absolute atomic E-state index is 12.9. The predicted octanol–water partition coefficient (Wildman–Crippen LogP) is 3.59. The van der Waals surface area contributed by atoms with Crippen LogP contribution >= 0.6 is 0 Å². The number of aliphatic hydroxyl groups is 1. The van der Waals surface area contributed by atoms with Crippen LogP contribution in [0, 0.1) is 11.8 Å². The van der Waals surface area contributed by atoms with Crippen LogP contribution in [0.25, 0.3) is 21.5 Å². The highest BCUT2D eigenvalue weighted by Crippen LogP contribution is 2.62. The Balaban J connectivity index is 0.000000131. The first-order valence-electron chi connectivity index (χ1n) is 16.4. The van der Waals surface area contributed by atoms with E-state index in [0.717, 1.165) is 36.5 Å². The van der Waals surface area contributed by atoms with E-state index in [4.69, 9.17) is 0 Å². The summed E-state index contributed by atoms with van der Waals surface area (Å²) in [5, 5.41) is 30.1. The van der Waals surface area contributed by atoms with Crippen molar-refractivity contribution in [2.75, 3.05) is 0 Å². The van der Waals surface area contributed by atoms with Gasteiger partial charge in [0.2, 0.25) is 5.78 Å². The zero-order valence-corrected chi connectivity index (χ0v) is 26.7. The number of aromatic nitrogens is 8. The number of pyridine rings is 2. The molecule has 6 aromatic rings. The number of hydrogen-bond donors (Lipinski definition) is 1. The van der Waals surface area contributed by atoms with E-state index in [9.17, 15) is 19.5 Å². The Labute approximate surface area is 274 Å². The van der Waals surface area contributed by atoms with Gasteiger partial charge in [-0.25, -0.2) is 9.36 Å². The van der Waals surface area contributed by atoms with Crippen LogP contribution in [0.5, 0.6) is 0 Å². The summed E-state index contributed by atoms with van der Waals surface area (Å²) < 4.78 is 6.84. The first kappa shape index (κ1) is 29.0. The lowest BCUT2D eigenvalue weighted by Gasteiger charge is -2.61. The molecule has 0 saturated heterocycles. The maximum Gasteiger partial charge on any atom is 0.258 e. The summed E-state index contributed by atoms with van der Waals surface area (Å²) in [5.41, 5.74) is 2.15. The van der Waals surface area contributed by atoms with Crippen LogP contribution in [0.1, 0.15) is 71.9 Å². The van der Waals surface area contributed by atoms with Crippen molar-refractivity contribution in [2.24, 2.45) is 25.9 Å². The number of carbonyl (C=O) groups excluding carboxylic acids is 1. The number of ketones is 1. The minimum absolute atomic E-state index is 0.0703. The standard InChI is InChI=1S/C18H18N4O2.C18H16N4O2/c2*1-21-6-5-12-13(3-2-4-14(12)17(21)24)16(23)15-10-22(20-19-15)18-7-11(8-18)9-18/h2-6,10-11,16,23H,7-9H2,1H3;2-6,10-11H,7-9H2,1H3. The third kappa shape index (κ3) is 4.14. The molecule has 12 nitrogen and oxygen atoms in total. The first-order valence-corrected chi connectivity index (χ1v) is 16.4. The Kier molecular flexibility index (Phi) is 6.11. The predicted molar refractivity (Wildman–Crippen MR) is 177 cm³/mol. The van der Waals surface area contributed by atoms with Crippen molar-refractivity contribution in [3.63, 3.8) is 0 Å². The number of aryl methyl sites for hydroxylation is 2. The van der Waals surface area contributed by atoms with Crippen molar-refractivity contribution in [1.82, 2.24) is 39.1 Å². The summed E-state index contributed by atoms with van der Waals surface area (Å²) in [6, 6.07) is 14.3. The van der Waals surface area contributed by atoms with Gasteiger partial charge in [0.25, 0.3) is 11.1 Å². The summed E-state index contributed by atoms with van der Waals surface area (Å²) in [7, 11) is 3.42. The smallest absolute Gasteiger partial charge is 0.258 e. The van der Waals surface area contributed by atoms with Gasteiger partial charge in [0, 0.05) is 42.8 Å². The van der Waals surface area contributed by atoms with Crippen molar-refractivity contribution in [2.45, 2.75) is 55.7 Å². The van der Waals surface area contributed by atoms with Crippen LogP contribution < -0.4 is 11.1 Å². The molecule has 242 valence electrons. The van der Waals surface area contributed by atoms with Gasteiger partial charge >= 0.3 is 0 Å². The Bertz CT molecular complexity index is 2380. The highest BCUT2D eigenvalue weighted by atomic mass is 16.3. The molecular formula is C36H34N8O4. The SMILES string of the molecule is Cn1ccc2c(C(=O)c3cn(C45CC(C4)C5)nn3)cccc2c1=O.Cn1ccc2c(C(O)c3cn(C45CC(C4)C5)nn3)cccc2c1=O. The number of fused-ring (bicyclic) bond motifs is 2. The van der Waals surface area contributed by atoms with E-state index in [2.05, 4.69) is 20.6 Å². The van der Waals surface area contributed by atoms with E-state index >= 15 is 0 Å². The number of hydrogen-bond acceptors (Lipinski definition) is 8. The summed E-state index contributed by atoms with van der Waals surface area (Å²) in [6.07, 6.45) is 13.1. The van der Waals surface area contributed by atoms with Gasteiger partial charge in [-0.2, -0.15) is 0 Å². The number of nitrogens with zero attached hydrogens (tertiary/aromatic N) is 8. The minimum Gasteiger partial charge on any atom is -0.382 e. The molecule has 6 aliphatic carbocycles. The first-order chi connectivity index (χ1) is 23.1. The highest BCUT2D eigenvalue weighted by molar-refractivity contribution is 6.15. The molecule has 2 aromatic carbocycles. The molecule has 12 heteroatoms. The fraction of sp³-hybridized carbons (Fsp3) is 0.361. The second-order valence-corrected chi connectivity index (χ2v) is 14.3. The number of carbonyl (C=O) groups is 1. The summed E-state index contributed by atoms with van der Waals surface area (Å²) in [6.45, 7) is 0. The third-order valence-electron chi connectivity index (χ3n) is 11.3. The molecule has 0 aliphatic heterocycles. The Morgan fingerprint density at radius 2 is 1.27 bits per heavy atom. The second-order valence-electron chi connectivity index (χ2n) is 14.3. The molecule has 1 atom stereocenters. The van der Waals surface area contributed by atoms with Crippen molar-refractivity contribution in [3.8, 4) is 0 Å². The van der Waals surface area contributed by atoms with Crippen LogP contribution in [0.2, 0.25) is 0 Å². The molecular weight excluding hydrogens is 608 g/mol. The molecule has 4 heterocycles. The van der Waals surface area contributed by atoms with Gasteiger partial charge in [-0.15, -0.1) is 10.2 Å². The molecule has 4 aromatic heterocycles. The third-order valence-corrected chi connectivity index (χ3v) is 11.3. The monoisotopic (exact) mass is 642 g/mol. The molecule has 6 aliphatic rings. The maximum atomic E-state index is 12.9. The summed E-state index contributed by atoms with van der Waals surface area (Å²) in [5.74, 6) is 1.51. The van der Waals surface area contributed by atoms with Gasteiger partial charge in [-0.05, 0) is 91.0 Å². The normalized spacial score (nSPS) is 25.2. The molecule has 0 radical (unpaired) electrons. The lowest BCUT2D eigenvalue weighted by molar-refractivity contribution is -0.0990. The fourth-order valence-corrected chi connectivity index (χ4v) is 8.17. The van der Waals surface area contributed by atoms with Crippen LogP contribution in [-0.2, 0) is 25.2 Å². The van der Waals surface area contributed by atoms with E-state index < -0.39 is 6.10 Å². The molecule has 48 heavy (non-hydrogen) atoms. The molecule has 6 fully saturated rings. The van der Waals surface area contributed by atoms with Gasteiger partial charge in [0.15, 0.2) is 5.69 Å². The van der Waals surface area contributed by atoms with Crippen LogP contribution in [0.4, 0.5) is 0 Å². The van der Waals surface area contributed by atoms with E-state index in [1.807, 2.05) is 27.7 Å². The van der Waals surface area contributed by atoms with E-state index in [0.29, 0.717) is 38.7 Å². The minimum atomic E-state index is -0.887. The van der Waals surface area contributed by atoms with Gasteiger partial charge in [-0.1, -0.05) is 34.7 Å².